The third kappa shape index (κ3) is 7.28. The molecule has 0 spiro atoms. The van der Waals surface area contributed by atoms with Crippen LogP contribution in [0.25, 0.3) is 0 Å². The number of anilines is 2. The molecule has 1 aromatic heterocycles. The predicted octanol–water partition coefficient (Wildman–Crippen LogP) is 2.34. The van der Waals surface area contributed by atoms with Gasteiger partial charge in [-0.3, -0.25) is 4.72 Å². The molecule has 0 aliphatic rings. The van der Waals surface area contributed by atoms with E-state index in [0.29, 0.717) is 5.13 Å². The first-order chi connectivity index (χ1) is 12.6. The second kappa shape index (κ2) is 11.1. The number of thiazole rings is 1. The van der Waals surface area contributed by atoms with Crippen molar-refractivity contribution >= 4 is 32.2 Å². The van der Waals surface area contributed by atoms with Crippen molar-refractivity contribution in [3.63, 3.8) is 0 Å². The molecule has 2 rings (SSSR count). The van der Waals surface area contributed by atoms with E-state index in [2.05, 4.69) is 25.7 Å². The number of nitrogens with one attached hydrogen (secondary N) is 4. The van der Waals surface area contributed by atoms with Crippen LogP contribution in [0, 0.1) is 0 Å². The van der Waals surface area contributed by atoms with Gasteiger partial charge in [0, 0.05) is 23.8 Å². The lowest BCUT2D eigenvalue weighted by molar-refractivity contribution is 0.597. The van der Waals surface area contributed by atoms with Crippen LogP contribution < -0.4 is 20.7 Å². The van der Waals surface area contributed by atoms with Gasteiger partial charge in [0.2, 0.25) is 0 Å². The van der Waals surface area contributed by atoms with Crippen molar-refractivity contribution in [2.75, 3.05) is 43.3 Å². The van der Waals surface area contributed by atoms with E-state index in [1.807, 2.05) is 13.1 Å². The second-order valence-electron chi connectivity index (χ2n) is 5.81. The minimum atomic E-state index is -3.61. The fourth-order valence-corrected chi connectivity index (χ4v) is 4.18. The van der Waals surface area contributed by atoms with Gasteiger partial charge < -0.3 is 16.0 Å². The third-order valence-electron chi connectivity index (χ3n) is 3.69. The van der Waals surface area contributed by atoms with Crippen LogP contribution in [-0.2, 0) is 10.0 Å². The van der Waals surface area contributed by atoms with Gasteiger partial charge in [0.25, 0.3) is 10.0 Å². The molecular weight excluding hydrogens is 370 g/mol. The van der Waals surface area contributed by atoms with Gasteiger partial charge in [0.05, 0.1) is 4.90 Å². The van der Waals surface area contributed by atoms with E-state index in [9.17, 15) is 8.42 Å². The van der Waals surface area contributed by atoms with Crippen LogP contribution in [0.15, 0.2) is 40.7 Å². The normalized spacial score (nSPS) is 11.4. The molecule has 0 fully saturated rings. The third-order valence-corrected chi connectivity index (χ3v) is 5.84. The topological polar surface area (TPSA) is 95.1 Å². The van der Waals surface area contributed by atoms with E-state index in [-0.39, 0.29) is 4.90 Å². The van der Waals surface area contributed by atoms with E-state index < -0.39 is 10.0 Å². The molecule has 1 heterocycles. The number of aromatic nitrogens is 1. The standard InChI is InChI=1S/C17H27N5O2S2/c1-18-8-5-10-19-9-2-3-11-20-15-6-4-7-16(14-15)26(23,24)22-17-21-12-13-25-17/h4,6-7,12-14,18-20H,2-3,5,8-11H2,1H3,(H,21,22). The maximum atomic E-state index is 12.4. The highest BCUT2D eigenvalue weighted by Crippen LogP contribution is 2.20. The number of benzene rings is 1. The molecule has 4 N–H and O–H groups in total. The fraction of sp³-hybridized carbons (Fsp3) is 0.471. The lowest BCUT2D eigenvalue weighted by atomic mass is 10.2. The van der Waals surface area contributed by atoms with E-state index in [4.69, 9.17) is 0 Å². The second-order valence-corrected chi connectivity index (χ2v) is 8.39. The SMILES string of the molecule is CNCCCNCCCCNc1cccc(S(=O)(=O)Nc2nccs2)c1. The van der Waals surface area contributed by atoms with Crippen molar-refractivity contribution in [3.05, 3.63) is 35.8 Å². The molecule has 9 heteroatoms. The Hall–Kier alpha value is -1.68. The molecule has 2 aromatic rings. The van der Waals surface area contributed by atoms with Crippen LogP contribution in [0.5, 0.6) is 0 Å². The Morgan fingerprint density at radius 1 is 1.08 bits per heavy atom. The largest absolute Gasteiger partial charge is 0.385 e. The molecule has 0 saturated heterocycles. The van der Waals surface area contributed by atoms with Crippen LogP contribution in [0.4, 0.5) is 10.8 Å². The summed E-state index contributed by atoms with van der Waals surface area (Å²) in [5.41, 5.74) is 0.800. The molecule has 0 bridgehead atoms. The summed E-state index contributed by atoms with van der Waals surface area (Å²) in [5.74, 6) is 0. The molecule has 0 unspecified atom stereocenters. The molecule has 26 heavy (non-hydrogen) atoms. The molecule has 0 aliphatic heterocycles. The summed E-state index contributed by atoms with van der Waals surface area (Å²) in [5, 5.41) is 11.9. The summed E-state index contributed by atoms with van der Waals surface area (Å²) >= 11 is 1.25. The monoisotopic (exact) mass is 397 g/mol. The number of hydrogen-bond donors (Lipinski definition) is 4. The average molecular weight is 398 g/mol. The van der Waals surface area contributed by atoms with E-state index in [1.54, 1.807) is 29.8 Å². The average Bonchev–Trinajstić information content (AvgIpc) is 3.13. The highest BCUT2D eigenvalue weighted by Gasteiger charge is 2.15. The van der Waals surface area contributed by atoms with Gasteiger partial charge >= 0.3 is 0 Å². The van der Waals surface area contributed by atoms with Crippen molar-refractivity contribution in [1.29, 1.82) is 0 Å². The van der Waals surface area contributed by atoms with Gasteiger partial charge in [0.15, 0.2) is 5.13 Å². The molecule has 0 atom stereocenters. The minimum absolute atomic E-state index is 0.226. The smallest absolute Gasteiger partial charge is 0.263 e. The molecule has 0 amide bonds. The van der Waals surface area contributed by atoms with Gasteiger partial charge in [-0.2, -0.15) is 0 Å². The van der Waals surface area contributed by atoms with Gasteiger partial charge in [0.1, 0.15) is 0 Å². The Morgan fingerprint density at radius 3 is 2.65 bits per heavy atom. The molecule has 7 nitrogen and oxygen atoms in total. The highest BCUT2D eigenvalue weighted by atomic mass is 32.2. The molecular formula is C17H27N5O2S2. The van der Waals surface area contributed by atoms with Crippen LogP contribution >= 0.6 is 11.3 Å². The Morgan fingerprint density at radius 2 is 1.88 bits per heavy atom. The first-order valence-corrected chi connectivity index (χ1v) is 11.1. The molecule has 1 aromatic carbocycles. The quantitative estimate of drug-likeness (QED) is 0.388. The van der Waals surface area contributed by atoms with Crippen LogP contribution in [0.3, 0.4) is 0 Å². The Bertz CT molecular complexity index is 735. The van der Waals surface area contributed by atoms with Crippen LogP contribution in [0.2, 0.25) is 0 Å². The van der Waals surface area contributed by atoms with E-state index >= 15 is 0 Å². The van der Waals surface area contributed by atoms with Crippen LogP contribution in [0.1, 0.15) is 19.3 Å². The molecule has 0 radical (unpaired) electrons. The summed E-state index contributed by atoms with van der Waals surface area (Å²) in [6.45, 7) is 3.87. The number of nitrogens with zero attached hydrogens (tertiary/aromatic N) is 1. The summed E-state index contributed by atoms with van der Waals surface area (Å²) in [6.07, 6.45) is 4.80. The zero-order valence-corrected chi connectivity index (χ0v) is 16.6. The molecule has 0 saturated carbocycles. The number of sulfonamides is 1. The van der Waals surface area contributed by atoms with Gasteiger partial charge in [-0.05, 0) is 64.1 Å². The van der Waals surface area contributed by atoms with Gasteiger partial charge in [-0.1, -0.05) is 6.07 Å². The number of hydrogen-bond acceptors (Lipinski definition) is 7. The van der Waals surface area contributed by atoms with E-state index in [0.717, 1.165) is 51.1 Å². The van der Waals surface area contributed by atoms with Crippen molar-refractivity contribution in [1.82, 2.24) is 15.6 Å². The minimum Gasteiger partial charge on any atom is -0.385 e. The molecule has 0 aliphatic carbocycles. The van der Waals surface area contributed by atoms with Crippen LogP contribution in [-0.4, -0.2) is 46.6 Å². The summed E-state index contributed by atoms with van der Waals surface area (Å²) in [7, 11) is -1.65. The fourth-order valence-electron chi connectivity index (χ4n) is 2.34. The highest BCUT2D eigenvalue weighted by molar-refractivity contribution is 7.93. The van der Waals surface area contributed by atoms with Crippen molar-refractivity contribution in [2.24, 2.45) is 0 Å². The Labute approximate surface area is 159 Å². The maximum Gasteiger partial charge on any atom is 0.263 e. The Kier molecular flexibility index (Phi) is 8.82. The predicted molar refractivity (Wildman–Crippen MR) is 109 cm³/mol. The number of unbranched alkanes of at least 4 members (excludes halogenated alkanes) is 1. The van der Waals surface area contributed by atoms with Gasteiger partial charge in [-0.25, -0.2) is 13.4 Å². The maximum absolute atomic E-state index is 12.4. The first-order valence-electron chi connectivity index (χ1n) is 8.73. The Balaban J connectivity index is 1.73. The first kappa shape index (κ1) is 20.6. The zero-order chi connectivity index (χ0) is 18.7. The number of rotatable bonds is 13. The summed E-state index contributed by atoms with van der Waals surface area (Å²) in [6, 6.07) is 6.84. The molecule has 144 valence electrons. The zero-order valence-electron chi connectivity index (χ0n) is 15.0. The lowest BCUT2D eigenvalue weighted by Crippen LogP contribution is -2.21. The lowest BCUT2D eigenvalue weighted by Gasteiger charge is -2.10. The van der Waals surface area contributed by atoms with Crippen molar-refractivity contribution in [3.8, 4) is 0 Å². The van der Waals surface area contributed by atoms with Crippen molar-refractivity contribution < 1.29 is 8.42 Å². The van der Waals surface area contributed by atoms with Gasteiger partial charge in [-0.15, -0.1) is 11.3 Å². The van der Waals surface area contributed by atoms with Crippen molar-refractivity contribution in [2.45, 2.75) is 24.2 Å². The summed E-state index contributed by atoms with van der Waals surface area (Å²) in [4.78, 5) is 4.18. The van der Waals surface area contributed by atoms with E-state index in [1.165, 1.54) is 11.3 Å². The summed E-state index contributed by atoms with van der Waals surface area (Å²) < 4.78 is 27.3.